The van der Waals surface area contributed by atoms with E-state index >= 15 is 0 Å². The van der Waals surface area contributed by atoms with Crippen LogP contribution in [0.25, 0.3) is 0 Å². The zero-order valence-electron chi connectivity index (χ0n) is 7.10. The summed E-state index contributed by atoms with van der Waals surface area (Å²) in [7, 11) is 2.40. The highest BCUT2D eigenvalue weighted by molar-refractivity contribution is 14.1. The largest absolute Gasteiger partial charge is 0.107 e. The van der Waals surface area contributed by atoms with Crippen LogP contribution in [-0.4, -0.2) is 11.8 Å². The van der Waals surface area contributed by atoms with Gasteiger partial charge in [-0.25, -0.2) is 0 Å². The molecule has 0 radical (unpaired) electrons. The average molecular weight is 250 g/mol. The van der Waals surface area contributed by atoms with Crippen molar-refractivity contribution >= 4 is 30.4 Å². The standard InChI is InChI=1S/C8H16BI/c1-5-3-4-6(2)8(10)7(5)9/h5-8H,3-4,9H2,1-2H3/t5-,6?,7?,8?/m0/s1. The van der Waals surface area contributed by atoms with Gasteiger partial charge < -0.3 is 0 Å². The van der Waals surface area contributed by atoms with Crippen LogP contribution in [0.4, 0.5) is 0 Å². The van der Waals surface area contributed by atoms with Gasteiger partial charge in [0.25, 0.3) is 0 Å². The van der Waals surface area contributed by atoms with E-state index in [2.05, 4.69) is 44.3 Å². The number of halogens is 1. The van der Waals surface area contributed by atoms with Crippen LogP contribution in [0.2, 0.25) is 5.82 Å². The van der Waals surface area contributed by atoms with Crippen LogP contribution < -0.4 is 0 Å². The lowest BCUT2D eigenvalue weighted by Gasteiger charge is -2.35. The van der Waals surface area contributed by atoms with Crippen LogP contribution in [0.5, 0.6) is 0 Å². The molecule has 0 spiro atoms. The Kier molecular flexibility index (Phi) is 3.08. The van der Waals surface area contributed by atoms with Gasteiger partial charge in [0, 0.05) is 3.92 Å². The van der Waals surface area contributed by atoms with Gasteiger partial charge in [-0.2, -0.15) is 0 Å². The molecule has 1 rings (SSSR count). The van der Waals surface area contributed by atoms with Crippen molar-refractivity contribution in [2.75, 3.05) is 0 Å². The lowest BCUT2D eigenvalue weighted by molar-refractivity contribution is 0.328. The quantitative estimate of drug-likeness (QED) is 0.351. The van der Waals surface area contributed by atoms with Crippen molar-refractivity contribution in [1.82, 2.24) is 0 Å². The van der Waals surface area contributed by atoms with Crippen LogP contribution in [0.15, 0.2) is 0 Å². The average Bonchev–Trinajstić information content (AvgIpc) is 1.93. The van der Waals surface area contributed by atoms with E-state index in [1.54, 1.807) is 0 Å². The maximum Gasteiger partial charge on any atom is 0.107 e. The Morgan fingerprint density at radius 1 is 1.20 bits per heavy atom. The van der Waals surface area contributed by atoms with Crippen LogP contribution in [0, 0.1) is 11.8 Å². The molecule has 4 atom stereocenters. The van der Waals surface area contributed by atoms with Gasteiger partial charge in [0.2, 0.25) is 0 Å². The van der Waals surface area contributed by atoms with Crippen LogP contribution >= 0.6 is 22.6 Å². The van der Waals surface area contributed by atoms with E-state index < -0.39 is 0 Å². The fourth-order valence-electron chi connectivity index (χ4n) is 1.78. The van der Waals surface area contributed by atoms with Crippen molar-refractivity contribution in [2.24, 2.45) is 11.8 Å². The molecule has 1 fully saturated rings. The number of rotatable bonds is 0. The van der Waals surface area contributed by atoms with Crippen molar-refractivity contribution in [2.45, 2.75) is 36.4 Å². The monoisotopic (exact) mass is 250 g/mol. The molecule has 0 amide bonds. The van der Waals surface area contributed by atoms with Crippen molar-refractivity contribution in [3.05, 3.63) is 0 Å². The summed E-state index contributed by atoms with van der Waals surface area (Å²) in [5, 5.41) is 0. The van der Waals surface area contributed by atoms with Crippen LogP contribution in [-0.2, 0) is 0 Å². The van der Waals surface area contributed by atoms with Gasteiger partial charge in [-0.3, -0.25) is 0 Å². The second-order valence-electron chi connectivity index (χ2n) is 3.84. The molecule has 0 N–H and O–H groups in total. The van der Waals surface area contributed by atoms with Crippen LogP contribution in [0.3, 0.4) is 0 Å². The summed E-state index contributed by atoms with van der Waals surface area (Å²) >= 11 is 2.62. The Morgan fingerprint density at radius 2 is 1.70 bits per heavy atom. The van der Waals surface area contributed by atoms with Gasteiger partial charge in [-0.1, -0.05) is 48.7 Å². The molecular weight excluding hydrogens is 234 g/mol. The molecule has 10 heavy (non-hydrogen) atoms. The van der Waals surface area contributed by atoms with E-state index in [9.17, 15) is 0 Å². The minimum Gasteiger partial charge on any atom is -0.0828 e. The highest BCUT2D eigenvalue weighted by atomic mass is 127. The van der Waals surface area contributed by atoms with Gasteiger partial charge >= 0.3 is 0 Å². The predicted octanol–water partition coefficient (Wildman–Crippen LogP) is 2.28. The molecule has 0 aliphatic heterocycles. The fraction of sp³-hybridized carbons (Fsp3) is 1.00. The molecule has 0 aromatic heterocycles. The molecule has 0 heterocycles. The van der Waals surface area contributed by atoms with Gasteiger partial charge in [0.05, 0.1) is 0 Å². The number of hydrogen-bond donors (Lipinski definition) is 0. The summed E-state index contributed by atoms with van der Waals surface area (Å²) < 4.78 is 0.918. The molecule has 0 bridgehead atoms. The molecule has 3 unspecified atom stereocenters. The Balaban J connectivity index is 2.52. The number of hydrogen-bond acceptors (Lipinski definition) is 0. The normalized spacial score (nSPS) is 49.1. The third-order valence-electron chi connectivity index (χ3n) is 3.02. The van der Waals surface area contributed by atoms with Gasteiger partial charge in [0.15, 0.2) is 0 Å². The minimum absolute atomic E-state index is 0.918. The van der Waals surface area contributed by atoms with Gasteiger partial charge in [-0.15, -0.1) is 0 Å². The minimum atomic E-state index is 0.918. The molecule has 1 aliphatic carbocycles. The first kappa shape index (κ1) is 8.89. The third-order valence-corrected chi connectivity index (χ3v) is 5.38. The van der Waals surface area contributed by atoms with E-state index in [4.69, 9.17) is 0 Å². The Labute approximate surface area is 78.7 Å². The predicted molar refractivity (Wildman–Crippen MR) is 57.7 cm³/mol. The van der Waals surface area contributed by atoms with E-state index in [-0.39, 0.29) is 0 Å². The molecule has 0 aromatic carbocycles. The first-order valence-corrected chi connectivity index (χ1v) is 5.51. The molecule has 1 saturated carbocycles. The van der Waals surface area contributed by atoms with E-state index in [1.165, 1.54) is 12.8 Å². The van der Waals surface area contributed by atoms with Crippen LogP contribution in [0.1, 0.15) is 26.7 Å². The molecule has 0 nitrogen and oxygen atoms in total. The highest BCUT2D eigenvalue weighted by Gasteiger charge is 2.29. The maximum atomic E-state index is 2.62. The summed E-state index contributed by atoms with van der Waals surface area (Å²) in [6.07, 6.45) is 2.89. The number of alkyl halides is 1. The molecule has 1 aliphatic rings. The summed E-state index contributed by atoms with van der Waals surface area (Å²) in [5.74, 6) is 2.84. The Morgan fingerprint density at radius 3 is 2.20 bits per heavy atom. The first-order chi connectivity index (χ1) is 4.63. The first-order valence-electron chi connectivity index (χ1n) is 4.27. The Bertz CT molecular complexity index is 102. The zero-order chi connectivity index (χ0) is 7.72. The molecule has 0 aromatic rings. The van der Waals surface area contributed by atoms with Gasteiger partial charge in [0.1, 0.15) is 7.85 Å². The molecule has 58 valence electrons. The molecule has 0 saturated heterocycles. The SMILES string of the molecule is BC1C(I)C(C)CC[C@@H]1C. The van der Waals surface area contributed by atoms with Crippen molar-refractivity contribution in [1.29, 1.82) is 0 Å². The van der Waals surface area contributed by atoms with E-state index in [0.717, 1.165) is 21.6 Å². The summed E-state index contributed by atoms with van der Waals surface area (Å²) in [6.45, 7) is 4.78. The smallest absolute Gasteiger partial charge is 0.0828 e. The summed E-state index contributed by atoms with van der Waals surface area (Å²) in [5.41, 5.74) is 0. The Hall–Kier alpha value is 0.795. The van der Waals surface area contributed by atoms with E-state index in [1.807, 2.05) is 0 Å². The summed E-state index contributed by atoms with van der Waals surface area (Å²) in [4.78, 5) is 0. The second kappa shape index (κ2) is 3.46. The highest BCUT2D eigenvalue weighted by Crippen LogP contribution is 2.40. The summed E-state index contributed by atoms with van der Waals surface area (Å²) in [6, 6.07) is 0. The lowest BCUT2D eigenvalue weighted by atomic mass is 9.66. The van der Waals surface area contributed by atoms with Crippen molar-refractivity contribution in [3.63, 3.8) is 0 Å². The third kappa shape index (κ3) is 1.69. The van der Waals surface area contributed by atoms with Crippen molar-refractivity contribution < 1.29 is 0 Å². The molecular formula is C8H16BI. The molecule has 2 heteroatoms. The lowest BCUT2D eigenvalue weighted by Crippen LogP contribution is -2.28. The zero-order valence-corrected chi connectivity index (χ0v) is 9.26. The van der Waals surface area contributed by atoms with Gasteiger partial charge in [-0.05, 0) is 18.3 Å². The topological polar surface area (TPSA) is 0 Å². The van der Waals surface area contributed by atoms with E-state index in [0.29, 0.717) is 0 Å². The maximum absolute atomic E-state index is 2.62. The van der Waals surface area contributed by atoms with Crippen molar-refractivity contribution in [3.8, 4) is 0 Å². The fourth-order valence-corrected chi connectivity index (χ4v) is 2.85. The second-order valence-corrected chi connectivity index (χ2v) is 5.27.